The lowest BCUT2D eigenvalue weighted by Crippen LogP contribution is -2.43. The van der Waals surface area contributed by atoms with E-state index < -0.39 is 0 Å². The molecule has 0 atom stereocenters. The zero-order valence-electron chi connectivity index (χ0n) is 17.0. The first-order chi connectivity index (χ1) is 14.0. The molecule has 6 nitrogen and oxygen atoms in total. The van der Waals surface area contributed by atoms with Gasteiger partial charge in [-0.25, -0.2) is 9.78 Å². The summed E-state index contributed by atoms with van der Waals surface area (Å²) in [4.78, 5) is 19.1. The van der Waals surface area contributed by atoms with Crippen molar-refractivity contribution in [1.29, 1.82) is 0 Å². The van der Waals surface area contributed by atoms with Gasteiger partial charge in [-0.3, -0.25) is 4.90 Å². The summed E-state index contributed by atoms with van der Waals surface area (Å²) in [6.07, 6.45) is 1.79. The van der Waals surface area contributed by atoms with Gasteiger partial charge in [-0.2, -0.15) is 0 Å². The van der Waals surface area contributed by atoms with Gasteiger partial charge in [0.05, 0.1) is 26.5 Å². The van der Waals surface area contributed by atoms with E-state index in [0.29, 0.717) is 23.7 Å². The molecule has 0 aliphatic rings. The van der Waals surface area contributed by atoms with Crippen LogP contribution in [0, 0.1) is 0 Å². The number of methoxy groups -OCH3 is 2. The van der Waals surface area contributed by atoms with Crippen molar-refractivity contribution in [2.45, 2.75) is 26.4 Å². The monoisotopic (exact) mass is 411 g/mol. The van der Waals surface area contributed by atoms with Gasteiger partial charge in [0.15, 0.2) is 0 Å². The van der Waals surface area contributed by atoms with Crippen LogP contribution in [-0.4, -0.2) is 31.3 Å². The van der Waals surface area contributed by atoms with Crippen molar-refractivity contribution >= 4 is 23.1 Å². The second-order valence-electron chi connectivity index (χ2n) is 6.77. The van der Waals surface area contributed by atoms with E-state index in [-0.39, 0.29) is 12.1 Å². The van der Waals surface area contributed by atoms with Crippen LogP contribution in [0.2, 0.25) is 0 Å². The van der Waals surface area contributed by atoms with E-state index in [1.807, 2.05) is 49.6 Å². The van der Waals surface area contributed by atoms with Gasteiger partial charge < -0.3 is 14.8 Å². The Labute approximate surface area is 175 Å². The van der Waals surface area contributed by atoms with Crippen molar-refractivity contribution in [2.75, 3.05) is 19.1 Å². The number of carbonyl (C=O) groups excluding carboxylic acids is 1. The third kappa shape index (κ3) is 5.06. The Kier molecular flexibility index (Phi) is 6.72. The molecule has 0 bridgehead atoms. The number of thiazole rings is 1. The molecule has 29 heavy (non-hydrogen) atoms. The van der Waals surface area contributed by atoms with Crippen molar-refractivity contribution in [3.63, 3.8) is 0 Å². The summed E-state index contributed by atoms with van der Waals surface area (Å²) >= 11 is 1.59. The molecule has 3 rings (SSSR count). The van der Waals surface area contributed by atoms with Gasteiger partial charge in [-0.1, -0.05) is 18.2 Å². The number of nitrogens with zero attached hydrogens (tertiary/aromatic N) is 2. The van der Waals surface area contributed by atoms with Gasteiger partial charge >= 0.3 is 6.03 Å². The number of benzene rings is 2. The Morgan fingerprint density at radius 1 is 1.17 bits per heavy atom. The van der Waals surface area contributed by atoms with E-state index in [1.165, 1.54) is 0 Å². The first-order valence-electron chi connectivity index (χ1n) is 9.30. The maximum Gasteiger partial charge on any atom is 0.322 e. The highest BCUT2D eigenvalue weighted by Crippen LogP contribution is 2.34. The molecule has 0 aliphatic heterocycles. The maximum atomic E-state index is 13.0. The summed E-state index contributed by atoms with van der Waals surface area (Å²) in [5, 5.41) is 5.87. The normalized spacial score (nSPS) is 10.7. The van der Waals surface area contributed by atoms with E-state index >= 15 is 0 Å². The van der Waals surface area contributed by atoms with Crippen molar-refractivity contribution in [2.24, 2.45) is 0 Å². The fourth-order valence-corrected chi connectivity index (χ4v) is 3.59. The van der Waals surface area contributed by atoms with E-state index in [2.05, 4.69) is 16.4 Å². The van der Waals surface area contributed by atoms with Crippen LogP contribution >= 0.6 is 11.3 Å². The molecule has 1 heterocycles. The molecule has 7 heteroatoms. The highest BCUT2D eigenvalue weighted by atomic mass is 32.1. The summed E-state index contributed by atoms with van der Waals surface area (Å²) in [6.45, 7) is 4.24. The van der Waals surface area contributed by atoms with Gasteiger partial charge in [0.25, 0.3) is 0 Å². The molecule has 152 valence electrons. The standard InChI is InChI=1S/C22H25N3O3S/c1-15(2)24-22(26)25(19-13-18(27-3)8-9-20(19)28-4)14-16-6-5-7-17(12-16)21-23-10-11-29-21/h5-13,15H,14H2,1-4H3,(H,24,26). The molecule has 0 spiro atoms. The number of carbonyl (C=O) groups is 1. The average Bonchev–Trinajstić information content (AvgIpc) is 3.26. The number of aromatic nitrogens is 1. The Bertz CT molecular complexity index is 958. The molecule has 2 aromatic carbocycles. The lowest BCUT2D eigenvalue weighted by Gasteiger charge is -2.26. The number of hydrogen-bond acceptors (Lipinski definition) is 5. The van der Waals surface area contributed by atoms with Crippen molar-refractivity contribution < 1.29 is 14.3 Å². The van der Waals surface area contributed by atoms with E-state index in [4.69, 9.17) is 9.47 Å². The van der Waals surface area contributed by atoms with E-state index in [9.17, 15) is 4.79 Å². The van der Waals surface area contributed by atoms with Crippen molar-refractivity contribution in [3.05, 3.63) is 59.6 Å². The minimum absolute atomic E-state index is 0.00301. The van der Waals surface area contributed by atoms with Gasteiger partial charge in [0.1, 0.15) is 16.5 Å². The molecule has 0 saturated carbocycles. The Hall–Kier alpha value is -3.06. The summed E-state index contributed by atoms with van der Waals surface area (Å²) < 4.78 is 10.9. The molecule has 1 N–H and O–H groups in total. The van der Waals surface area contributed by atoms with Gasteiger partial charge in [0, 0.05) is 29.2 Å². The molecular weight excluding hydrogens is 386 g/mol. The molecule has 0 aliphatic carbocycles. The van der Waals surface area contributed by atoms with E-state index in [0.717, 1.165) is 16.1 Å². The molecule has 0 radical (unpaired) electrons. The molecule has 2 amide bonds. The van der Waals surface area contributed by atoms with Gasteiger partial charge in [-0.15, -0.1) is 11.3 Å². The fraction of sp³-hybridized carbons (Fsp3) is 0.273. The summed E-state index contributed by atoms with van der Waals surface area (Å²) in [6, 6.07) is 13.3. The van der Waals surface area contributed by atoms with Gasteiger partial charge in [-0.05, 0) is 37.6 Å². The number of ether oxygens (including phenoxy) is 2. The van der Waals surface area contributed by atoms with Crippen molar-refractivity contribution in [3.8, 4) is 22.1 Å². The number of anilines is 1. The number of hydrogen-bond donors (Lipinski definition) is 1. The highest BCUT2D eigenvalue weighted by Gasteiger charge is 2.21. The second kappa shape index (κ2) is 9.43. The number of urea groups is 1. The molecular formula is C22H25N3O3S. The predicted molar refractivity (Wildman–Crippen MR) is 117 cm³/mol. The Morgan fingerprint density at radius 3 is 2.66 bits per heavy atom. The fourth-order valence-electron chi connectivity index (χ4n) is 2.95. The van der Waals surface area contributed by atoms with Crippen LogP contribution in [0.15, 0.2) is 54.0 Å². The second-order valence-corrected chi connectivity index (χ2v) is 7.66. The van der Waals surface area contributed by atoms with Crippen LogP contribution in [-0.2, 0) is 6.54 Å². The quantitative estimate of drug-likeness (QED) is 0.597. The van der Waals surface area contributed by atoms with Crippen LogP contribution in [0.3, 0.4) is 0 Å². The first kappa shape index (κ1) is 20.7. The summed E-state index contributed by atoms with van der Waals surface area (Å²) in [5.41, 5.74) is 2.66. The molecule has 0 saturated heterocycles. The molecule has 1 aromatic heterocycles. The zero-order valence-corrected chi connectivity index (χ0v) is 17.8. The Morgan fingerprint density at radius 2 is 2.00 bits per heavy atom. The molecule has 3 aromatic rings. The largest absolute Gasteiger partial charge is 0.497 e. The smallest absolute Gasteiger partial charge is 0.322 e. The Balaban J connectivity index is 1.99. The third-order valence-corrected chi connectivity index (χ3v) is 5.10. The molecule has 0 fully saturated rings. The SMILES string of the molecule is COc1ccc(OC)c(N(Cc2cccc(-c3nccs3)c2)C(=O)NC(C)C)c1. The summed E-state index contributed by atoms with van der Waals surface area (Å²) in [7, 11) is 3.19. The lowest BCUT2D eigenvalue weighted by atomic mass is 10.1. The minimum atomic E-state index is -0.203. The predicted octanol–water partition coefficient (Wildman–Crippen LogP) is 4.95. The maximum absolute atomic E-state index is 13.0. The number of nitrogens with one attached hydrogen (secondary N) is 1. The van der Waals surface area contributed by atoms with E-state index in [1.54, 1.807) is 42.7 Å². The van der Waals surface area contributed by atoms with Crippen LogP contribution < -0.4 is 19.7 Å². The topological polar surface area (TPSA) is 63.7 Å². The lowest BCUT2D eigenvalue weighted by molar-refractivity contribution is 0.243. The third-order valence-electron chi connectivity index (χ3n) is 4.28. The van der Waals surface area contributed by atoms with Crippen LogP contribution in [0.5, 0.6) is 11.5 Å². The average molecular weight is 412 g/mol. The number of amides is 2. The highest BCUT2D eigenvalue weighted by molar-refractivity contribution is 7.13. The minimum Gasteiger partial charge on any atom is -0.497 e. The first-order valence-corrected chi connectivity index (χ1v) is 10.2. The summed E-state index contributed by atoms with van der Waals surface area (Å²) in [5.74, 6) is 1.25. The molecule has 0 unspecified atom stereocenters. The van der Waals surface area contributed by atoms with Crippen LogP contribution in [0.25, 0.3) is 10.6 Å². The number of rotatable bonds is 7. The van der Waals surface area contributed by atoms with Crippen LogP contribution in [0.4, 0.5) is 10.5 Å². The zero-order chi connectivity index (χ0) is 20.8. The van der Waals surface area contributed by atoms with Crippen LogP contribution in [0.1, 0.15) is 19.4 Å². The van der Waals surface area contributed by atoms with Crippen molar-refractivity contribution in [1.82, 2.24) is 10.3 Å². The van der Waals surface area contributed by atoms with Gasteiger partial charge in [0.2, 0.25) is 0 Å².